The summed E-state index contributed by atoms with van der Waals surface area (Å²) in [5.74, 6) is 2.64. The van der Waals surface area contributed by atoms with Gasteiger partial charge in [0.05, 0.1) is 6.61 Å². The molecular weight excluding hydrogens is 164 g/mol. The number of aliphatic hydroxyl groups is 1. The second-order valence-electron chi connectivity index (χ2n) is 3.77. The molecule has 1 aromatic heterocycles. The van der Waals surface area contributed by atoms with Crippen LogP contribution in [0.3, 0.4) is 0 Å². The monoisotopic (exact) mass is 182 g/mol. The molecule has 0 aliphatic carbocycles. The summed E-state index contributed by atoms with van der Waals surface area (Å²) in [5, 5.41) is 8.69. The van der Waals surface area contributed by atoms with Gasteiger partial charge in [-0.05, 0) is 24.5 Å². The number of aryl methyl sites for hydroxylation is 1. The molecule has 1 rings (SSSR count). The van der Waals surface area contributed by atoms with E-state index in [1.807, 2.05) is 12.1 Å². The Hall–Kier alpha value is -0.760. The van der Waals surface area contributed by atoms with Gasteiger partial charge in [-0.3, -0.25) is 0 Å². The zero-order chi connectivity index (χ0) is 9.68. The molecule has 0 amide bonds. The Morgan fingerprint density at radius 1 is 1.23 bits per heavy atom. The van der Waals surface area contributed by atoms with Gasteiger partial charge in [0.2, 0.25) is 0 Å². The molecule has 2 heteroatoms. The largest absolute Gasteiger partial charge is 0.466 e. The van der Waals surface area contributed by atoms with Crippen LogP contribution >= 0.6 is 0 Å². The van der Waals surface area contributed by atoms with Crippen LogP contribution in [0.4, 0.5) is 0 Å². The van der Waals surface area contributed by atoms with Gasteiger partial charge in [0.25, 0.3) is 0 Å². The van der Waals surface area contributed by atoms with Crippen LogP contribution < -0.4 is 0 Å². The second kappa shape index (κ2) is 5.07. The van der Waals surface area contributed by atoms with Crippen molar-refractivity contribution in [1.82, 2.24) is 0 Å². The summed E-state index contributed by atoms with van der Waals surface area (Å²) >= 11 is 0. The molecule has 0 aromatic carbocycles. The Morgan fingerprint density at radius 3 is 2.38 bits per heavy atom. The summed E-state index contributed by atoms with van der Waals surface area (Å²) in [6, 6.07) is 3.96. The maximum absolute atomic E-state index is 8.69. The van der Waals surface area contributed by atoms with Crippen LogP contribution in [0.25, 0.3) is 0 Å². The van der Waals surface area contributed by atoms with Crippen LogP contribution in [0.15, 0.2) is 16.5 Å². The first kappa shape index (κ1) is 10.3. The molecule has 0 bridgehead atoms. The van der Waals surface area contributed by atoms with E-state index < -0.39 is 0 Å². The van der Waals surface area contributed by atoms with Crippen LogP contribution in [0.1, 0.15) is 31.8 Å². The molecule has 0 radical (unpaired) electrons. The molecule has 0 saturated heterocycles. The number of hydrogen-bond donors (Lipinski definition) is 1. The predicted molar refractivity (Wildman–Crippen MR) is 52.7 cm³/mol. The van der Waals surface area contributed by atoms with E-state index in [1.54, 1.807) is 0 Å². The molecule has 2 nitrogen and oxygen atoms in total. The topological polar surface area (TPSA) is 33.4 Å². The first-order valence-electron chi connectivity index (χ1n) is 4.91. The summed E-state index contributed by atoms with van der Waals surface area (Å²) in [5.41, 5.74) is 0. The molecule has 0 fully saturated rings. The van der Waals surface area contributed by atoms with E-state index in [0.29, 0.717) is 12.3 Å². The quantitative estimate of drug-likeness (QED) is 0.758. The molecule has 13 heavy (non-hydrogen) atoms. The van der Waals surface area contributed by atoms with Crippen molar-refractivity contribution in [3.63, 3.8) is 0 Å². The molecule has 0 unspecified atom stereocenters. The van der Waals surface area contributed by atoms with E-state index >= 15 is 0 Å². The maximum Gasteiger partial charge on any atom is 0.106 e. The van der Waals surface area contributed by atoms with Crippen molar-refractivity contribution in [1.29, 1.82) is 0 Å². The van der Waals surface area contributed by atoms with Crippen LogP contribution in [0, 0.1) is 5.92 Å². The Morgan fingerprint density at radius 2 is 1.85 bits per heavy atom. The van der Waals surface area contributed by atoms with Crippen molar-refractivity contribution in [2.75, 3.05) is 6.61 Å². The molecule has 0 saturated carbocycles. The minimum atomic E-state index is 0.164. The maximum atomic E-state index is 8.69. The normalized spacial score (nSPS) is 11.1. The SMILES string of the molecule is CC(C)CCc1ccc(CCO)o1. The van der Waals surface area contributed by atoms with Crippen molar-refractivity contribution in [3.8, 4) is 0 Å². The third kappa shape index (κ3) is 3.64. The van der Waals surface area contributed by atoms with Gasteiger partial charge in [0, 0.05) is 12.8 Å². The van der Waals surface area contributed by atoms with Gasteiger partial charge in [0.1, 0.15) is 11.5 Å². The van der Waals surface area contributed by atoms with E-state index in [4.69, 9.17) is 9.52 Å². The lowest BCUT2D eigenvalue weighted by Crippen LogP contribution is -1.90. The molecule has 1 N–H and O–H groups in total. The van der Waals surface area contributed by atoms with E-state index in [2.05, 4.69) is 13.8 Å². The summed E-state index contributed by atoms with van der Waals surface area (Å²) in [6.45, 7) is 4.58. The van der Waals surface area contributed by atoms with E-state index in [-0.39, 0.29) is 6.61 Å². The zero-order valence-corrected chi connectivity index (χ0v) is 8.42. The van der Waals surface area contributed by atoms with Crippen molar-refractivity contribution in [2.45, 2.75) is 33.1 Å². The van der Waals surface area contributed by atoms with Crippen LogP contribution in [-0.4, -0.2) is 11.7 Å². The predicted octanol–water partition coefficient (Wildman–Crippen LogP) is 2.40. The van der Waals surface area contributed by atoms with E-state index in [1.165, 1.54) is 0 Å². The highest BCUT2D eigenvalue weighted by Crippen LogP contribution is 2.13. The molecule has 0 aliphatic rings. The molecule has 0 spiro atoms. The Balaban J connectivity index is 2.39. The zero-order valence-electron chi connectivity index (χ0n) is 8.42. The van der Waals surface area contributed by atoms with Crippen molar-refractivity contribution in [2.24, 2.45) is 5.92 Å². The molecular formula is C11H18O2. The lowest BCUT2D eigenvalue weighted by Gasteiger charge is -2.00. The summed E-state index contributed by atoms with van der Waals surface area (Å²) in [6.07, 6.45) is 2.79. The fraction of sp³-hybridized carbons (Fsp3) is 0.636. The Labute approximate surface area is 79.6 Å². The Bertz CT molecular complexity index is 238. The fourth-order valence-electron chi connectivity index (χ4n) is 1.23. The molecule has 1 heterocycles. The molecule has 0 aliphatic heterocycles. The number of rotatable bonds is 5. The highest BCUT2D eigenvalue weighted by atomic mass is 16.3. The van der Waals surface area contributed by atoms with Crippen LogP contribution in [-0.2, 0) is 12.8 Å². The minimum absolute atomic E-state index is 0.164. The first-order valence-corrected chi connectivity index (χ1v) is 4.91. The molecule has 1 aromatic rings. The first-order chi connectivity index (χ1) is 6.22. The van der Waals surface area contributed by atoms with Gasteiger partial charge < -0.3 is 9.52 Å². The average molecular weight is 182 g/mol. The lowest BCUT2D eigenvalue weighted by molar-refractivity contribution is 0.285. The smallest absolute Gasteiger partial charge is 0.106 e. The van der Waals surface area contributed by atoms with Gasteiger partial charge in [-0.2, -0.15) is 0 Å². The highest BCUT2D eigenvalue weighted by molar-refractivity contribution is 5.07. The number of furan rings is 1. The van der Waals surface area contributed by atoms with Crippen molar-refractivity contribution < 1.29 is 9.52 Å². The third-order valence-corrected chi connectivity index (χ3v) is 2.04. The van der Waals surface area contributed by atoms with Crippen LogP contribution in [0.5, 0.6) is 0 Å². The van der Waals surface area contributed by atoms with Gasteiger partial charge in [-0.1, -0.05) is 13.8 Å². The van der Waals surface area contributed by atoms with Crippen molar-refractivity contribution in [3.05, 3.63) is 23.7 Å². The van der Waals surface area contributed by atoms with Crippen LogP contribution in [0.2, 0.25) is 0 Å². The molecule has 0 atom stereocenters. The van der Waals surface area contributed by atoms with Gasteiger partial charge in [-0.15, -0.1) is 0 Å². The highest BCUT2D eigenvalue weighted by Gasteiger charge is 2.02. The van der Waals surface area contributed by atoms with Gasteiger partial charge in [0.15, 0.2) is 0 Å². The fourth-order valence-corrected chi connectivity index (χ4v) is 1.23. The molecule has 74 valence electrons. The average Bonchev–Trinajstić information content (AvgIpc) is 2.50. The lowest BCUT2D eigenvalue weighted by atomic mass is 10.1. The second-order valence-corrected chi connectivity index (χ2v) is 3.77. The summed E-state index contributed by atoms with van der Waals surface area (Å²) < 4.78 is 5.51. The number of hydrogen-bond acceptors (Lipinski definition) is 2. The standard InChI is InChI=1S/C11H18O2/c1-9(2)3-4-10-5-6-11(13-10)7-8-12/h5-6,9,12H,3-4,7-8H2,1-2H3. The minimum Gasteiger partial charge on any atom is -0.466 e. The van der Waals surface area contributed by atoms with Gasteiger partial charge in [-0.25, -0.2) is 0 Å². The van der Waals surface area contributed by atoms with E-state index in [9.17, 15) is 0 Å². The third-order valence-electron chi connectivity index (χ3n) is 2.04. The Kier molecular flexibility index (Phi) is 4.03. The summed E-state index contributed by atoms with van der Waals surface area (Å²) in [4.78, 5) is 0. The van der Waals surface area contributed by atoms with E-state index in [0.717, 1.165) is 24.4 Å². The summed E-state index contributed by atoms with van der Waals surface area (Å²) in [7, 11) is 0. The van der Waals surface area contributed by atoms with Gasteiger partial charge >= 0.3 is 0 Å². The van der Waals surface area contributed by atoms with Crippen molar-refractivity contribution >= 4 is 0 Å². The number of aliphatic hydroxyl groups excluding tert-OH is 1.